The van der Waals surface area contributed by atoms with E-state index in [0.29, 0.717) is 12.5 Å². The molecule has 3 nitrogen and oxygen atoms in total. The first-order chi connectivity index (χ1) is 8.82. The summed E-state index contributed by atoms with van der Waals surface area (Å²) in [5.74, 6) is 0.433. The van der Waals surface area contributed by atoms with E-state index in [4.69, 9.17) is 9.47 Å². The van der Waals surface area contributed by atoms with Gasteiger partial charge < -0.3 is 9.47 Å². The van der Waals surface area contributed by atoms with Crippen LogP contribution in [0.4, 0.5) is 0 Å². The van der Waals surface area contributed by atoms with Gasteiger partial charge in [0, 0.05) is 0 Å². The molecular weight excluding hydrogens is 240 g/mol. The minimum Gasteiger partial charge on any atom is -0.462 e. The Morgan fingerprint density at radius 3 is 2.26 bits per heavy atom. The lowest BCUT2D eigenvalue weighted by molar-refractivity contribution is -0.164. The number of esters is 1. The zero-order chi connectivity index (χ0) is 14.5. The van der Waals surface area contributed by atoms with Crippen molar-refractivity contribution in [3.05, 3.63) is 0 Å². The lowest BCUT2D eigenvalue weighted by Gasteiger charge is -2.34. The van der Waals surface area contributed by atoms with Crippen LogP contribution < -0.4 is 0 Å². The van der Waals surface area contributed by atoms with Crippen molar-refractivity contribution in [3.8, 4) is 0 Å². The molecule has 1 unspecified atom stereocenters. The molecular formula is C16H30O3. The molecule has 0 aromatic heterocycles. The van der Waals surface area contributed by atoms with Gasteiger partial charge in [-0.3, -0.25) is 4.79 Å². The smallest absolute Gasteiger partial charge is 0.308 e. The second kappa shape index (κ2) is 7.28. The van der Waals surface area contributed by atoms with E-state index >= 15 is 0 Å². The molecule has 1 aliphatic carbocycles. The van der Waals surface area contributed by atoms with E-state index in [1.54, 1.807) is 0 Å². The molecule has 19 heavy (non-hydrogen) atoms. The van der Waals surface area contributed by atoms with Gasteiger partial charge in [-0.15, -0.1) is 0 Å². The zero-order valence-electron chi connectivity index (χ0n) is 13.2. The summed E-state index contributed by atoms with van der Waals surface area (Å²) in [4.78, 5) is 11.5. The van der Waals surface area contributed by atoms with E-state index in [-0.39, 0.29) is 18.0 Å². The van der Waals surface area contributed by atoms with Gasteiger partial charge in [-0.25, -0.2) is 0 Å². The van der Waals surface area contributed by atoms with E-state index in [0.717, 1.165) is 0 Å². The molecule has 1 saturated carbocycles. The van der Waals surface area contributed by atoms with Gasteiger partial charge in [0.25, 0.3) is 0 Å². The van der Waals surface area contributed by atoms with Crippen LogP contribution in [0.1, 0.15) is 66.7 Å². The molecule has 1 rings (SSSR count). The summed E-state index contributed by atoms with van der Waals surface area (Å²) in [6.07, 6.45) is 6.78. The van der Waals surface area contributed by atoms with E-state index < -0.39 is 5.60 Å². The Morgan fingerprint density at radius 1 is 1.16 bits per heavy atom. The van der Waals surface area contributed by atoms with Gasteiger partial charge in [-0.05, 0) is 39.5 Å². The Balaban J connectivity index is 2.37. The summed E-state index contributed by atoms with van der Waals surface area (Å²) < 4.78 is 11.4. The largest absolute Gasteiger partial charge is 0.462 e. The Morgan fingerprint density at radius 2 is 1.74 bits per heavy atom. The standard InChI is InChI=1S/C16H30O3/c1-12(2)15(17)18-11-16(4,5)19-13(3)14-9-7-6-8-10-14/h12-14H,6-11H2,1-5H3. The maximum atomic E-state index is 11.5. The molecule has 0 saturated heterocycles. The molecule has 0 bridgehead atoms. The van der Waals surface area contributed by atoms with Gasteiger partial charge in [0.1, 0.15) is 6.61 Å². The van der Waals surface area contributed by atoms with Crippen molar-refractivity contribution >= 4 is 5.97 Å². The van der Waals surface area contributed by atoms with Gasteiger partial charge in [-0.2, -0.15) is 0 Å². The highest BCUT2D eigenvalue weighted by atomic mass is 16.6. The minimum absolute atomic E-state index is 0.0773. The van der Waals surface area contributed by atoms with Crippen molar-refractivity contribution in [3.63, 3.8) is 0 Å². The predicted octanol–water partition coefficient (Wildman–Crippen LogP) is 3.95. The van der Waals surface area contributed by atoms with Gasteiger partial charge >= 0.3 is 5.97 Å². The predicted molar refractivity (Wildman–Crippen MR) is 77.0 cm³/mol. The fourth-order valence-electron chi connectivity index (χ4n) is 2.65. The summed E-state index contributed by atoms with van der Waals surface area (Å²) in [5, 5.41) is 0. The Bertz CT molecular complexity index is 278. The molecule has 112 valence electrons. The van der Waals surface area contributed by atoms with Crippen molar-refractivity contribution < 1.29 is 14.3 Å². The highest BCUT2D eigenvalue weighted by Crippen LogP contribution is 2.30. The van der Waals surface area contributed by atoms with E-state index in [9.17, 15) is 4.79 Å². The van der Waals surface area contributed by atoms with Gasteiger partial charge in [0.05, 0.1) is 17.6 Å². The average Bonchev–Trinajstić information content (AvgIpc) is 2.36. The number of hydrogen-bond acceptors (Lipinski definition) is 3. The minimum atomic E-state index is -0.401. The average molecular weight is 270 g/mol. The van der Waals surface area contributed by atoms with Crippen LogP contribution in [0.25, 0.3) is 0 Å². The van der Waals surface area contributed by atoms with Crippen molar-refractivity contribution in [1.82, 2.24) is 0 Å². The SMILES string of the molecule is CC(C)C(=O)OCC(C)(C)OC(C)C1CCCCC1. The summed E-state index contributed by atoms with van der Waals surface area (Å²) >= 11 is 0. The fraction of sp³-hybridized carbons (Fsp3) is 0.938. The molecule has 0 spiro atoms. The van der Waals surface area contributed by atoms with Crippen LogP contribution in [-0.2, 0) is 14.3 Å². The van der Waals surface area contributed by atoms with Gasteiger partial charge in [0.2, 0.25) is 0 Å². The molecule has 0 radical (unpaired) electrons. The van der Waals surface area contributed by atoms with Crippen LogP contribution in [-0.4, -0.2) is 24.3 Å². The van der Waals surface area contributed by atoms with Crippen molar-refractivity contribution in [2.45, 2.75) is 78.4 Å². The van der Waals surface area contributed by atoms with Crippen LogP contribution in [0.15, 0.2) is 0 Å². The molecule has 0 amide bonds. The van der Waals surface area contributed by atoms with Crippen LogP contribution in [0.5, 0.6) is 0 Å². The first kappa shape index (κ1) is 16.5. The third-order valence-corrected chi connectivity index (χ3v) is 3.85. The van der Waals surface area contributed by atoms with Crippen LogP contribution >= 0.6 is 0 Å². The molecule has 1 atom stereocenters. The molecule has 0 aromatic carbocycles. The summed E-state index contributed by atoms with van der Waals surface area (Å²) in [7, 11) is 0. The highest BCUT2D eigenvalue weighted by molar-refractivity contribution is 5.71. The first-order valence-electron chi connectivity index (χ1n) is 7.66. The second-order valence-corrected chi connectivity index (χ2v) is 6.74. The van der Waals surface area contributed by atoms with Gasteiger partial charge in [-0.1, -0.05) is 33.1 Å². The lowest BCUT2D eigenvalue weighted by Crippen LogP contribution is -2.38. The zero-order valence-corrected chi connectivity index (χ0v) is 13.2. The topological polar surface area (TPSA) is 35.5 Å². The Kier molecular flexibility index (Phi) is 6.31. The maximum absolute atomic E-state index is 11.5. The highest BCUT2D eigenvalue weighted by Gasteiger charge is 2.29. The van der Waals surface area contributed by atoms with E-state index in [2.05, 4.69) is 6.92 Å². The van der Waals surface area contributed by atoms with Crippen molar-refractivity contribution in [1.29, 1.82) is 0 Å². The first-order valence-corrected chi connectivity index (χ1v) is 7.66. The normalized spacial score (nSPS) is 19.5. The number of carbonyl (C=O) groups is 1. The number of ether oxygens (including phenoxy) is 2. The summed E-state index contributed by atoms with van der Waals surface area (Å²) in [5.41, 5.74) is -0.401. The fourth-order valence-corrected chi connectivity index (χ4v) is 2.65. The number of carbonyl (C=O) groups excluding carboxylic acids is 1. The van der Waals surface area contributed by atoms with Crippen LogP contribution in [0.3, 0.4) is 0 Å². The van der Waals surface area contributed by atoms with Crippen molar-refractivity contribution in [2.75, 3.05) is 6.61 Å². The number of rotatable bonds is 6. The summed E-state index contributed by atoms with van der Waals surface area (Å²) in [6.45, 7) is 10.2. The van der Waals surface area contributed by atoms with E-state index in [1.165, 1.54) is 32.1 Å². The third kappa shape index (κ3) is 5.94. The van der Waals surface area contributed by atoms with Gasteiger partial charge in [0.15, 0.2) is 0 Å². The molecule has 0 aliphatic heterocycles. The maximum Gasteiger partial charge on any atom is 0.308 e. The molecule has 1 fully saturated rings. The molecule has 0 N–H and O–H groups in total. The monoisotopic (exact) mass is 270 g/mol. The molecule has 3 heteroatoms. The number of hydrogen-bond donors (Lipinski definition) is 0. The molecule has 0 aromatic rings. The molecule has 0 heterocycles. The van der Waals surface area contributed by atoms with Crippen LogP contribution in [0.2, 0.25) is 0 Å². The molecule has 1 aliphatic rings. The van der Waals surface area contributed by atoms with Crippen molar-refractivity contribution in [2.24, 2.45) is 11.8 Å². The van der Waals surface area contributed by atoms with Crippen LogP contribution in [0, 0.1) is 11.8 Å². The quantitative estimate of drug-likeness (QED) is 0.686. The Hall–Kier alpha value is -0.570. The Labute approximate surface area is 118 Å². The second-order valence-electron chi connectivity index (χ2n) is 6.74. The lowest BCUT2D eigenvalue weighted by atomic mass is 9.85. The third-order valence-electron chi connectivity index (χ3n) is 3.85. The summed E-state index contributed by atoms with van der Waals surface area (Å²) in [6, 6.07) is 0. The van der Waals surface area contributed by atoms with E-state index in [1.807, 2.05) is 27.7 Å².